The standard InChI is InChI=1S/C10H21NO6/c1-5(2)10(17)11-3-6(13)8(15)9(16)7(14)4-12/h5-9,12-16H,3-4H2,1-2H3,(H,11,17)/t6-,7+,8+,9+/m0/s1. The highest BCUT2D eigenvalue weighted by atomic mass is 16.4. The Kier molecular flexibility index (Phi) is 7.24. The zero-order chi connectivity index (χ0) is 13.6. The summed E-state index contributed by atoms with van der Waals surface area (Å²) in [7, 11) is 0. The lowest BCUT2D eigenvalue weighted by Gasteiger charge is -2.25. The molecule has 1 amide bonds. The molecular weight excluding hydrogens is 230 g/mol. The second-order valence-corrected chi connectivity index (χ2v) is 4.20. The Hall–Kier alpha value is -0.730. The highest BCUT2D eigenvalue weighted by Crippen LogP contribution is 2.04. The van der Waals surface area contributed by atoms with Crippen molar-refractivity contribution >= 4 is 5.91 Å². The predicted molar refractivity (Wildman–Crippen MR) is 59.0 cm³/mol. The van der Waals surface area contributed by atoms with Gasteiger partial charge in [0.05, 0.1) is 12.7 Å². The lowest BCUT2D eigenvalue weighted by molar-refractivity contribution is -0.128. The molecule has 0 aliphatic rings. The fourth-order valence-corrected chi connectivity index (χ4v) is 1.09. The topological polar surface area (TPSA) is 130 Å². The number of nitrogens with one attached hydrogen (secondary N) is 1. The maximum Gasteiger partial charge on any atom is 0.222 e. The van der Waals surface area contributed by atoms with Crippen molar-refractivity contribution in [2.75, 3.05) is 13.2 Å². The van der Waals surface area contributed by atoms with Gasteiger partial charge < -0.3 is 30.8 Å². The molecule has 0 aromatic rings. The molecule has 7 heteroatoms. The molecule has 0 bridgehead atoms. The van der Waals surface area contributed by atoms with Gasteiger partial charge in [0.1, 0.15) is 18.3 Å². The van der Waals surface area contributed by atoms with Gasteiger partial charge in [0, 0.05) is 12.5 Å². The lowest BCUT2D eigenvalue weighted by atomic mass is 10.0. The van der Waals surface area contributed by atoms with Crippen LogP contribution in [0.5, 0.6) is 0 Å². The normalized spacial score (nSPS) is 18.6. The summed E-state index contributed by atoms with van der Waals surface area (Å²) in [6.07, 6.45) is -6.29. The zero-order valence-corrected chi connectivity index (χ0v) is 9.95. The van der Waals surface area contributed by atoms with Crippen LogP contribution < -0.4 is 5.32 Å². The van der Waals surface area contributed by atoms with Gasteiger partial charge in [-0.3, -0.25) is 4.79 Å². The second-order valence-electron chi connectivity index (χ2n) is 4.20. The van der Waals surface area contributed by atoms with Crippen LogP contribution in [0, 0.1) is 5.92 Å². The van der Waals surface area contributed by atoms with E-state index in [0.29, 0.717) is 0 Å². The molecule has 0 aliphatic heterocycles. The van der Waals surface area contributed by atoms with Crippen LogP contribution in [0.15, 0.2) is 0 Å². The van der Waals surface area contributed by atoms with Crippen LogP contribution >= 0.6 is 0 Å². The number of aliphatic hydroxyl groups excluding tert-OH is 5. The first-order valence-electron chi connectivity index (χ1n) is 5.42. The minimum Gasteiger partial charge on any atom is -0.394 e. The second kappa shape index (κ2) is 7.57. The zero-order valence-electron chi connectivity index (χ0n) is 9.95. The number of carbonyl (C=O) groups excluding carboxylic acids is 1. The van der Waals surface area contributed by atoms with E-state index < -0.39 is 31.0 Å². The summed E-state index contributed by atoms with van der Waals surface area (Å²) in [6.45, 7) is 2.36. The first-order valence-corrected chi connectivity index (χ1v) is 5.42. The van der Waals surface area contributed by atoms with E-state index >= 15 is 0 Å². The molecule has 0 saturated carbocycles. The Morgan fingerprint density at radius 3 is 1.94 bits per heavy atom. The molecule has 0 saturated heterocycles. The summed E-state index contributed by atoms with van der Waals surface area (Å²) >= 11 is 0. The van der Waals surface area contributed by atoms with Crippen LogP contribution in [-0.4, -0.2) is 69.0 Å². The summed E-state index contributed by atoms with van der Waals surface area (Å²) < 4.78 is 0. The van der Waals surface area contributed by atoms with Crippen molar-refractivity contribution in [2.24, 2.45) is 5.92 Å². The summed E-state index contributed by atoms with van der Waals surface area (Å²) in [5.41, 5.74) is 0. The molecule has 6 N–H and O–H groups in total. The van der Waals surface area contributed by atoms with Crippen LogP contribution in [0.25, 0.3) is 0 Å². The number of hydrogen-bond acceptors (Lipinski definition) is 6. The van der Waals surface area contributed by atoms with E-state index in [-0.39, 0.29) is 18.4 Å². The Morgan fingerprint density at radius 2 is 1.53 bits per heavy atom. The van der Waals surface area contributed by atoms with Gasteiger partial charge in [0.2, 0.25) is 5.91 Å². The Morgan fingerprint density at radius 1 is 1.06 bits per heavy atom. The van der Waals surface area contributed by atoms with Gasteiger partial charge in [-0.25, -0.2) is 0 Å². The number of hydrogen-bond donors (Lipinski definition) is 6. The minimum absolute atomic E-state index is 0.243. The smallest absolute Gasteiger partial charge is 0.222 e. The first kappa shape index (κ1) is 16.3. The molecule has 0 fully saturated rings. The molecule has 0 aromatic heterocycles. The van der Waals surface area contributed by atoms with Crippen LogP contribution in [-0.2, 0) is 4.79 Å². The van der Waals surface area contributed by atoms with Gasteiger partial charge in [-0.15, -0.1) is 0 Å². The monoisotopic (exact) mass is 251 g/mol. The van der Waals surface area contributed by atoms with Crippen molar-refractivity contribution in [2.45, 2.75) is 38.3 Å². The summed E-state index contributed by atoms with van der Waals surface area (Å²) in [4.78, 5) is 11.2. The predicted octanol–water partition coefficient (Wildman–Crippen LogP) is -2.81. The maximum absolute atomic E-state index is 11.2. The summed E-state index contributed by atoms with van der Waals surface area (Å²) in [6, 6.07) is 0. The molecule has 0 aliphatic carbocycles. The fourth-order valence-electron chi connectivity index (χ4n) is 1.09. The average molecular weight is 251 g/mol. The van der Waals surface area contributed by atoms with E-state index in [4.69, 9.17) is 10.2 Å². The molecule has 0 heterocycles. The summed E-state index contributed by atoms with van der Waals surface area (Å²) in [5, 5.41) is 48.1. The van der Waals surface area contributed by atoms with E-state index in [0.717, 1.165) is 0 Å². The van der Waals surface area contributed by atoms with Crippen molar-refractivity contribution in [3.63, 3.8) is 0 Å². The molecule has 17 heavy (non-hydrogen) atoms. The van der Waals surface area contributed by atoms with Crippen molar-refractivity contribution < 1.29 is 30.3 Å². The SMILES string of the molecule is CC(C)C(=O)NC[C@H](O)[C@@H](O)[C@H](O)[C@H](O)CO. The van der Waals surface area contributed by atoms with Gasteiger partial charge in [0.25, 0.3) is 0 Å². The molecule has 0 unspecified atom stereocenters. The molecule has 0 aromatic carbocycles. The van der Waals surface area contributed by atoms with Gasteiger partial charge in [0.15, 0.2) is 0 Å². The van der Waals surface area contributed by atoms with E-state index in [2.05, 4.69) is 5.32 Å². The van der Waals surface area contributed by atoms with Crippen molar-refractivity contribution in [3.05, 3.63) is 0 Å². The highest BCUT2D eigenvalue weighted by Gasteiger charge is 2.30. The third-order valence-corrected chi connectivity index (χ3v) is 2.34. The molecule has 7 nitrogen and oxygen atoms in total. The fraction of sp³-hybridized carbons (Fsp3) is 0.900. The van der Waals surface area contributed by atoms with Crippen LogP contribution in [0.2, 0.25) is 0 Å². The van der Waals surface area contributed by atoms with Gasteiger partial charge in [-0.05, 0) is 0 Å². The number of carbonyl (C=O) groups is 1. The molecule has 102 valence electrons. The molecular formula is C10H21NO6. The third-order valence-electron chi connectivity index (χ3n) is 2.34. The Balaban J connectivity index is 4.13. The van der Waals surface area contributed by atoms with Gasteiger partial charge >= 0.3 is 0 Å². The number of rotatable bonds is 7. The average Bonchev–Trinajstić information content (AvgIpc) is 2.32. The van der Waals surface area contributed by atoms with E-state index in [1.165, 1.54) is 0 Å². The van der Waals surface area contributed by atoms with E-state index in [1.54, 1.807) is 13.8 Å². The quantitative estimate of drug-likeness (QED) is 0.290. The number of aliphatic hydroxyl groups is 5. The summed E-state index contributed by atoms with van der Waals surface area (Å²) in [5.74, 6) is -0.555. The highest BCUT2D eigenvalue weighted by molar-refractivity contribution is 5.77. The van der Waals surface area contributed by atoms with Crippen molar-refractivity contribution in [1.82, 2.24) is 5.32 Å². The van der Waals surface area contributed by atoms with E-state index in [9.17, 15) is 20.1 Å². The molecule has 0 rings (SSSR count). The number of amides is 1. The third kappa shape index (κ3) is 5.42. The van der Waals surface area contributed by atoms with E-state index in [1.807, 2.05) is 0 Å². The molecule has 4 atom stereocenters. The van der Waals surface area contributed by atoms with Gasteiger partial charge in [-0.2, -0.15) is 0 Å². The van der Waals surface area contributed by atoms with Crippen LogP contribution in [0.4, 0.5) is 0 Å². The van der Waals surface area contributed by atoms with Crippen LogP contribution in [0.1, 0.15) is 13.8 Å². The van der Waals surface area contributed by atoms with Crippen molar-refractivity contribution in [1.29, 1.82) is 0 Å². The largest absolute Gasteiger partial charge is 0.394 e. The van der Waals surface area contributed by atoms with Crippen molar-refractivity contribution in [3.8, 4) is 0 Å². The first-order chi connectivity index (χ1) is 7.81. The molecule has 0 spiro atoms. The van der Waals surface area contributed by atoms with Crippen LogP contribution in [0.3, 0.4) is 0 Å². The Labute approximate surface area is 99.7 Å². The molecule has 0 radical (unpaired) electrons. The van der Waals surface area contributed by atoms with Gasteiger partial charge in [-0.1, -0.05) is 13.8 Å². The minimum atomic E-state index is -1.68. The maximum atomic E-state index is 11.2. The lowest BCUT2D eigenvalue weighted by Crippen LogP contribution is -2.50. The Bertz CT molecular complexity index is 235.